The van der Waals surface area contributed by atoms with E-state index in [9.17, 15) is 0 Å². The first kappa shape index (κ1) is 14.0. The standard InChI is InChI=1S/C13H23N3S2/c1-13(2,3)9-5-7-16(8-6-9)12-10(17-4)11(14)15-18-12/h9H,5-8H2,1-4H3,(H2,14,15). The van der Waals surface area contributed by atoms with Crippen LogP contribution in [-0.4, -0.2) is 23.7 Å². The lowest BCUT2D eigenvalue weighted by molar-refractivity contribution is 0.199. The second kappa shape index (κ2) is 5.29. The minimum atomic E-state index is 0.432. The van der Waals surface area contributed by atoms with E-state index in [2.05, 4.69) is 36.3 Å². The van der Waals surface area contributed by atoms with Gasteiger partial charge in [-0.15, -0.1) is 11.8 Å². The van der Waals surface area contributed by atoms with Crippen LogP contribution in [0.3, 0.4) is 0 Å². The molecule has 0 aliphatic carbocycles. The van der Waals surface area contributed by atoms with Gasteiger partial charge in [0.15, 0.2) is 5.82 Å². The Balaban J connectivity index is 2.06. The Morgan fingerprint density at radius 3 is 2.44 bits per heavy atom. The van der Waals surface area contributed by atoms with Gasteiger partial charge >= 0.3 is 0 Å². The summed E-state index contributed by atoms with van der Waals surface area (Å²) in [4.78, 5) is 3.62. The number of nitrogens with two attached hydrogens (primary N) is 1. The van der Waals surface area contributed by atoms with Gasteiger partial charge in [0.05, 0.1) is 4.90 Å². The maximum atomic E-state index is 5.91. The Morgan fingerprint density at radius 1 is 1.33 bits per heavy atom. The van der Waals surface area contributed by atoms with E-state index in [1.807, 2.05) is 0 Å². The van der Waals surface area contributed by atoms with Gasteiger partial charge in [0, 0.05) is 13.1 Å². The molecule has 0 aromatic carbocycles. The number of hydrogen-bond acceptors (Lipinski definition) is 5. The summed E-state index contributed by atoms with van der Waals surface area (Å²) in [5.41, 5.74) is 6.34. The normalized spacial score (nSPS) is 18.3. The number of nitrogens with zero attached hydrogens (tertiary/aromatic N) is 2. The first-order valence-electron chi connectivity index (χ1n) is 6.47. The van der Waals surface area contributed by atoms with Gasteiger partial charge in [-0.1, -0.05) is 20.8 Å². The summed E-state index contributed by atoms with van der Waals surface area (Å²) in [5, 5.41) is 1.27. The lowest BCUT2D eigenvalue weighted by atomic mass is 9.75. The first-order valence-corrected chi connectivity index (χ1v) is 8.47. The molecule has 2 rings (SSSR count). The molecule has 5 heteroatoms. The molecule has 1 fully saturated rings. The van der Waals surface area contributed by atoms with Crippen molar-refractivity contribution in [1.29, 1.82) is 0 Å². The average Bonchev–Trinajstić information content (AvgIpc) is 2.69. The van der Waals surface area contributed by atoms with Crippen molar-refractivity contribution in [3.8, 4) is 0 Å². The molecule has 1 saturated heterocycles. The third kappa shape index (κ3) is 2.77. The zero-order valence-corrected chi connectivity index (χ0v) is 13.3. The predicted molar refractivity (Wildman–Crippen MR) is 82.7 cm³/mol. The molecule has 1 aromatic heterocycles. The van der Waals surface area contributed by atoms with E-state index >= 15 is 0 Å². The molecule has 1 aliphatic heterocycles. The second-order valence-corrected chi connectivity index (χ2v) is 7.60. The minimum Gasteiger partial charge on any atom is -0.382 e. The fraction of sp³-hybridized carbons (Fsp3) is 0.769. The second-order valence-electron chi connectivity index (χ2n) is 6.03. The topological polar surface area (TPSA) is 42.1 Å². The van der Waals surface area contributed by atoms with Crippen molar-refractivity contribution in [2.75, 3.05) is 30.0 Å². The Kier molecular flexibility index (Phi) is 4.11. The monoisotopic (exact) mass is 285 g/mol. The summed E-state index contributed by atoms with van der Waals surface area (Å²) >= 11 is 3.26. The Hall–Kier alpha value is -0.420. The molecule has 0 spiro atoms. The molecule has 2 heterocycles. The number of thioether (sulfide) groups is 1. The van der Waals surface area contributed by atoms with Crippen LogP contribution in [0.1, 0.15) is 33.6 Å². The Bertz CT molecular complexity index is 401. The molecule has 1 aromatic rings. The summed E-state index contributed by atoms with van der Waals surface area (Å²) in [6, 6.07) is 0. The van der Waals surface area contributed by atoms with E-state index in [1.165, 1.54) is 17.8 Å². The molecule has 3 nitrogen and oxygen atoms in total. The highest BCUT2D eigenvalue weighted by Crippen LogP contribution is 2.41. The highest BCUT2D eigenvalue weighted by Gasteiger charge is 2.30. The van der Waals surface area contributed by atoms with Gasteiger partial charge in [-0.2, -0.15) is 4.37 Å². The van der Waals surface area contributed by atoms with Gasteiger partial charge < -0.3 is 10.6 Å². The van der Waals surface area contributed by atoms with Gasteiger partial charge in [0.2, 0.25) is 0 Å². The van der Waals surface area contributed by atoms with Crippen molar-refractivity contribution in [3.05, 3.63) is 0 Å². The fourth-order valence-electron chi connectivity index (χ4n) is 2.63. The number of anilines is 2. The molecule has 18 heavy (non-hydrogen) atoms. The van der Waals surface area contributed by atoms with E-state index in [0.717, 1.165) is 23.9 Å². The third-order valence-corrected chi connectivity index (χ3v) is 5.73. The van der Waals surface area contributed by atoms with Gasteiger partial charge in [-0.3, -0.25) is 0 Å². The Morgan fingerprint density at radius 2 is 1.94 bits per heavy atom. The smallest absolute Gasteiger partial charge is 0.153 e. The molecule has 2 N–H and O–H groups in total. The number of rotatable bonds is 2. The van der Waals surface area contributed by atoms with Crippen molar-refractivity contribution in [2.24, 2.45) is 11.3 Å². The van der Waals surface area contributed by atoms with Gasteiger partial charge in [-0.05, 0) is 42.0 Å². The molecule has 0 radical (unpaired) electrons. The molecule has 0 saturated carbocycles. The van der Waals surface area contributed by atoms with Crippen LogP contribution >= 0.6 is 23.3 Å². The van der Waals surface area contributed by atoms with Crippen LogP contribution in [0.15, 0.2) is 4.90 Å². The van der Waals surface area contributed by atoms with Crippen molar-refractivity contribution in [3.63, 3.8) is 0 Å². The van der Waals surface area contributed by atoms with E-state index in [4.69, 9.17) is 5.73 Å². The van der Waals surface area contributed by atoms with Crippen LogP contribution in [0.25, 0.3) is 0 Å². The summed E-state index contributed by atoms with van der Waals surface area (Å²) < 4.78 is 4.29. The van der Waals surface area contributed by atoms with Crippen LogP contribution in [-0.2, 0) is 0 Å². The van der Waals surface area contributed by atoms with E-state index < -0.39 is 0 Å². The van der Waals surface area contributed by atoms with Gasteiger partial charge in [0.1, 0.15) is 5.00 Å². The molecule has 0 atom stereocenters. The number of piperidine rings is 1. The molecule has 0 bridgehead atoms. The first-order chi connectivity index (χ1) is 8.43. The number of hydrogen-bond donors (Lipinski definition) is 1. The van der Waals surface area contributed by atoms with Crippen LogP contribution < -0.4 is 10.6 Å². The maximum Gasteiger partial charge on any atom is 0.153 e. The van der Waals surface area contributed by atoms with E-state index in [0.29, 0.717) is 11.2 Å². The van der Waals surface area contributed by atoms with E-state index in [-0.39, 0.29) is 0 Å². The lowest BCUT2D eigenvalue weighted by Gasteiger charge is -2.39. The number of nitrogen functional groups attached to an aromatic ring is 1. The SMILES string of the molecule is CSc1c(N)nsc1N1CCC(C(C)(C)C)CC1. The van der Waals surface area contributed by atoms with Crippen molar-refractivity contribution < 1.29 is 0 Å². The van der Waals surface area contributed by atoms with Gasteiger partial charge in [0.25, 0.3) is 0 Å². The maximum absolute atomic E-state index is 5.91. The van der Waals surface area contributed by atoms with Crippen LogP contribution in [0.2, 0.25) is 0 Å². The van der Waals surface area contributed by atoms with Crippen LogP contribution in [0.4, 0.5) is 10.8 Å². The van der Waals surface area contributed by atoms with Crippen molar-refractivity contribution in [2.45, 2.75) is 38.5 Å². The molecule has 0 unspecified atom stereocenters. The predicted octanol–water partition coefficient (Wildman–Crippen LogP) is 3.71. The zero-order valence-electron chi connectivity index (χ0n) is 11.7. The highest BCUT2D eigenvalue weighted by atomic mass is 32.2. The summed E-state index contributed by atoms with van der Waals surface area (Å²) in [6.45, 7) is 9.33. The third-order valence-electron chi connectivity index (χ3n) is 3.87. The molecular formula is C13H23N3S2. The van der Waals surface area contributed by atoms with Crippen molar-refractivity contribution >= 4 is 34.1 Å². The molecule has 102 valence electrons. The molecule has 1 aliphatic rings. The van der Waals surface area contributed by atoms with Crippen LogP contribution in [0, 0.1) is 11.3 Å². The Labute approximate surface area is 118 Å². The van der Waals surface area contributed by atoms with Crippen molar-refractivity contribution in [1.82, 2.24) is 4.37 Å². The molecular weight excluding hydrogens is 262 g/mol. The quantitative estimate of drug-likeness (QED) is 0.841. The summed E-state index contributed by atoms with van der Waals surface area (Å²) in [6.07, 6.45) is 4.62. The largest absolute Gasteiger partial charge is 0.382 e. The summed E-state index contributed by atoms with van der Waals surface area (Å²) in [7, 11) is 0. The van der Waals surface area contributed by atoms with E-state index in [1.54, 1.807) is 23.3 Å². The zero-order chi connectivity index (χ0) is 13.3. The van der Waals surface area contributed by atoms with Gasteiger partial charge in [-0.25, -0.2) is 0 Å². The number of aromatic nitrogens is 1. The highest BCUT2D eigenvalue weighted by molar-refractivity contribution is 7.99. The van der Waals surface area contributed by atoms with Crippen LogP contribution in [0.5, 0.6) is 0 Å². The lowest BCUT2D eigenvalue weighted by Crippen LogP contribution is -2.37. The fourth-order valence-corrected chi connectivity index (χ4v) is 4.37. The molecule has 0 amide bonds. The average molecular weight is 285 g/mol. The summed E-state index contributed by atoms with van der Waals surface area (Å²) in [5.74, 6) is 1.53. The minimum absolute atomic E-state index is 0.432.